The summed E-state index contributed by atoms with van der Waals surface area (Å²) in [5.74, 6) is 0.811. The summed E-state index contributed by atoms with van der Waals surface area (Å²) >= 11 is 0. The molecule has 1 aliphatic heterocycles. The molecule has 1 fully saturated rings. The molecule has 3 rings (SSSR count). The fourth-order valence-corrected chi connectivity index (χ4v) is 3.01. The van der Waals surface area contributed by atoms with Crippen molar-refractivity contribution in [3.8, 4) is 5.75 Å². The van der Waals surface area contributed by atoms with Gasteiger partial charge in [-0.3, -0.25) is 9.58 Å². The van der Waals surface area contributed by atoms with E-state index in [1.165, 1.54) is 0 Å². The van der Waals surface area contributed by atoms with E-state index < -0.39 is 5.60 Å². The van der Waals surface area contributed by atoms with Crippen LogP contribution in [-0.2, 0) is 13.6 Å². The van der Waals surface area contributed by atoms with Crippen molar-refractivity contribution in [2.24, 2.45) is 7.05 Å². The average Bonchev–Trinajstić information content (AvgIpc) is 2.88. The molecule has 1 aromatic carbocycles. The van der Waals surface area contributed by atoms with Crippen LogP contribution >= 0.6 is 0 Å². The zero-order valence-electron chi connectivity index (χ0n) is 13.1. The standard InChI is InChI=1S/C17H23N3O2/c1-17(21)13-20(12-14-8-10-19(2)18-14)11-9-16(17)22-15-6-4-3-5-7-15/h3-8,10,16,21H,9,11-13H2,1-2H3/t16-,17-/m0/s1. The molecule has 0 amide bonds. The first-order chi connectivity index (χ1) is 10.5. The van der Waals surface area contributed by atoms with E-state index in [1.807, 2.05) is 56.6 Å². The number of nitrogens with zero attached hydrogens (tertiary/aromatic N) is 3. The summed E-state index contributed by atoms with van der Waals surface area (Å²) in [7, 11) is 1.92. The average molecular weight is 301 g/mol. The number of aryl methyl sites for hydroxylation is 1. The van der Waals surface area contributed by atoms with E-state index in [4.69, 9.17) is 4.74 Å². The number of piperidine rings is 1. The molecule has 1 aromatic heterocycles. The van der Waals surface area contributed by atoms with E-state index in [0.717, 1.165) is 31.0 Å². The van der Waals surface area contributed by atoms with Crippen molar-refractivity contribution in [2.75, 3.05) is 13.1 Å². The number of hydrogen-bond acceptors (Lipinski definition) is 4. The van der Waals surface area contributed by atoms with Crippen LogP contribution in [0.1, 0.15) is 19.0 Å². The fourth-order valence-electron chi connectivity index (χ4n) is 3.01. The number of para-hydroxylation sites is 1. The number of benzene rings is 1. The SMILES string of the molecule is Cn1ccc(CN2CC[C@H](Oc3ccccc3)[C@@](C)(O)C2)n1. The van der Waals surface area contributed by atoms with E-state index >= 15 is 0 Å². The van der Waals surface area contributed by atoms with Crippen LogP contribution in [-0.4, -0.2) is 44.6 Å². The maximum Gasteiger partial charge on any atom is 0.129 e. The first kappa shape index (κ1) is 15.1. The number of aliphatic hydroxyl groups is 1. The zero-order valence-corrected chi connectivity index (χ0v) is 13.1. The predicted molar refractivity (Wildman–Crippen MR) is 84.6 cm³/mol. The highest BCUT2D eigenvalue weighted by Gasteiger charge is 2.39. The van der Waals surface area contributed by atoms with Gasteiger partial charge in [-0.2, -0.15) is 5.10 Å². The van der Waals surface area contributed by atoms with Gasteiger partial charge in [-0.1, -0.05) is 18.2 Å². The van der Waals surface area contributed by atoms with Crippen molar-refractivity contribution in [3.63, 3.8) is 0 Å². The van der Waals surface area contributed by atoms with E-state index in [1.54, 1.807) is 4.68 Å². The number of aromatic nitrogens is 2. The molecule has 2 atom stereocenters. The molecule has 1 saturated heterocycles. The Balaban J connectivity index is 1.61. The molecule has 0 saturated carbocycles. The molecule has 1 N–H and O–H groups in total. The highest BCUT2D eigenvalue weighted by molar-refractivity contribution is 5.22. The topological polar surface area (TPSA) is 50.5 Å². The number of ether oxygens (including phenoxy) is 1. The largest absolute Gasteiger partial charge is 0.487 e. The minimum absolute atomic E-state index is 0.185. The molecule has 22 heavy (non-hydrogen) atoms. The van der Waals surface area contributed by atoms with Crippen molar-refractivity contribution >= 4 is 0 Å². The second-order valence-corrected chi connectivity index (χ2v) is 6.26. The molecule has 2 aromatic rings. The summed E-state index contributed by atoms with van der Waals surface area (Å²) in [6.45, 7) is 4.09. The minimum Gasteiger partial charge on any atom is -0.487 e. The summed E-state index contributed by atoms with van der Waals surface area (Å²) in [5.41, 5.74) is 0.156. The van der Waals surface area contributed by atoms with Crippen LogP contribution in [0, 0.1) is 0 Å². The minimum atomic E-state index is -0.872. The lowest BCUT2D eigenvalue weighted by molar-refractivity contribution is -0.0995. The Morgan fingerprint density at radius 1 is 1.32 bits per heavy atom. The molecule has 0 unspecified atom stereocenters. The lowest BCUT2D eigenvalue weighted by atomic mass is 9.91. The van der Waals surface area contributed by atoms with Crippen LogP contribution in [0.4, 0.5) is 0 Å². The van der Waals surface area contributed by atoms with Gasteiger partial charge in [0.15, 0.2) is 0 Å². The Kier molecular flexibility index (Phi) is 4.18. The van der Waals surface area contributed by atoms with Crippen LogP contribution in [0.2, 0.25) is 0 Å². The highest BCUT2D eigenvalue weighted by atomic mass is 16.5. The first-order valence-corrected chi connectivity index (χ1v) is 7.68. The Hall–Kier alpha value is -1.85. The summed E-state index contributed by atoms with van der Waals surface area (Å²) in [4.78, 5) is 2.23. The molecule has 0 aliphatic carbocycles. The van der Waals surface area contributed by atoms with Crippen LogP contribution in [0.3, 0.4) is 0 Å². The predicted octanol–water partition coefficient (Wildman–Crippen LogP) is 1.82. The van der Waals surface area contributed by atoms with Crippen molar-refractivity contribution in [1.29, 1.82) is 0 Å². The lowest BCUT2D eigenvalue weighted by Crippen LogP contribution is -2.56. The Morgan fingerprint density at radius 3 is 2.73 bits per heavy atom. The Bertz CT molecular complexity index is 609. The van der Waals surface area contributed by atoms with Gasteiger partial charge in [0.2, 0.25) is 0 Å². The molecular formula is C17H23N3O2. The summed E-state index contributed by atoms with van der Waals surface area (Å²) in [5, 5.41) is 15.2. The third-order valence-corrected chi connectivity index (χ3v) is 4.12. The molecule has 1 aliphatic rings. The van der Waals surface area contributed by atoms with Crippen LogP contribution in [0.5, 0.6) is 5.75 Å². The van der Waals surface area contributed by atoms with Gasteiger partial charge in [0, 0.05) is 32.9 Å². The maximum atomic E-state index is 10.8. The zero-order chi connectivity index (χ0) is 15.6. The molecule has 118 valence electrons. The van der Waals surface area contributed by atoms with Crippen molar-refractivity contribution < 1.29 is 9.84 Å². The summed E-state index contributed by atoms with van der Waals surface area (Å²) in [6, 6.07) is 11.7. The second kappa shape index (κ2) is 6.10. The van der Waals surface area contributed by atoms with Crippen molar-refractivity contribution in [2.45, 2.75) is 31.6 Å². The quantitative estimate of drug-likeness (QED) is 0.936. The van der Waals surface area contributed by atoms with Crippen LogP contribution in [0.15, 0.2) is 42.6 Å². The fraction of sp³-hybridized carbons (Fsp3) is 0.471. The molecule has 0 spiro atoms. The van der Waals surface area contributed by atoms with Gasteiger partial charge in [0.1, 0.15) is 17.5 Å². The maximum absolute atomic E-state index is 10.8. The van der Waals surface area contributed by atoms with E-state index in [-0.39, 0.29) is 6.10 Å². The number of likely N-dealkylation sites (tertiary alicyclic amines) is 1. The van der Waals surface area contributed by atoms with Gasteiger partial charge in [-0.05, 0) is 31.5 Å². The number of β-amino-alcohol motifs (C(OH)–C–C–N with tert-alkyl or cyclic N) is 1. The van der Waals surface area contributed by atoms with Gasteiger partial charge in [0.05, 0.1) is 5.69 Å². The van der Waals surface area contributed by atoms with Gasteiger partial charge < -0.3 is 9.84 Å². The smallest absolute Gasteiger partial charge is 0.129 e. The highest BCUT2D eigenvalue weighted by Crippen LogP contribution is 2.27. The second-order valence-electron chi connectivity index (χ2n) is 6.26. The van der Waals surface area contributed by atoms with Gasteiger partial charge in [0.25, 0.3) is 0 Å². The number of rotatable bonds is 4. The van der Waals surface area contributed by atoms with E-state index in [9.17, 15) is 5.11 Å². The monoisotopic (exact) mass is 301 g/mol. The molecule has 2 heterocycles. The van der Waals surface area contributed by atoms with E-state index in [2.05, 4.69) is 10.00 Å². The molecule has 5 heteroatoms. The summed E-state index contributed by atoms with van der Waals surface area (Å²) in [6.07, 6.45) is 2.56. The van der Waals surface area contributed by atoms with Crippen molar-refractivity contribution in [3.05, 3.63) is 48.3 Å². The molecule has 0 radical (unpaired) electrons. The molecular weight excluding hydrogens is 278 g/mol. The van der Waals surface area contributed by atoms with E-state index in [0.29, 0.717) is 6.54 Å². The lowest BCUT2D eigenvalue weighted by Gasteiger charge is -2.42. The van der Waals surface area contributed by atoms with Gasteiger partial charge in [-0.15, -0.1) is 0 Å². The van der Waals surface area contributed by atoms with Crippen LogP contribution in [0.25, 0.3) is 0 Å². The molecule has 5 nitrogen and oxygen atoms in total. The van der Waals surface area contributed by atoms with Gasteiger partial charge >= 0.3 is 0 Å². The first-order valence-electron chi connectivity index (χ1n) is 7.68. The molecule has 0 bridgehead atoms. The van der Waals surface area contributed by atoms with Crippen molar-refractivity contribution in [1.82, 2.24) is 14.7 Å². The van der Waals surface area contributed by atoms with Gasteiger partial charge in [-0.25, -0.2) is 0 Å². The Labute approximate surface area is 131 Å². The Morgan fingerprint density at radius 2 is 2.09 bits per heavy atom. The third-order valence-electron chi connectivity index (χ3n) is 4.12. The third kappa shape index (κ3) is 3.48. The van der Waals surface area contributed by atoms with Crippen LogP contribution < -0.4 is 4.74 Å². The number of hydrogen-bond donors (Lipinski definition) is 1. The normalized spacial score (nSPS) is 26.0. The summed E-state index contributed by atoms with van der Waals surface area (Å²) < 4.78 is 7.78.